The summed E-state index contributed by atoms with van der Waals surface area (Å²) in [7, 11) is 0. The highest BCUT2D eigenvalue weighted by Gasteiger charge is 2.22. The maximum atomic E-state index is 5.18. The Morgan fingerprint density at radius 2 is 2.12 bits per heavy atom. The molecule has 0 fully saturated rings. The van der Waals surface area contributed by atoms with Crippen LogP contribution in [0.3, 0.4) is 0 Å². The number of aromatic nitrogens is 1. The zero-order chi connectivity index (χ0) is 11.6. The topological polar surface area (TPSA) is 48.1 Å². The standard InChI is InChI=1S/C13H16N2O/c1-13(2,9-16-14)12-5-3-4-10-8-15-7-6-11(10)12/h3-8H,9,14H2,1-2H3. The molecule has 1 heterocycles. The first kappa shape index (κ1) is 11.0. The lowest BCUT2D eigenvalue weighted by Crippen LogP contribution is -2.26. The maximum absolute atomic E-state index is 5.18. The summed E-state index contributed by atoms with van der Waals surface area (Å²) in [4.78, 5) is 8.92. The molecular formula is C13H16N2O. The second-order valence-electron chi connectivity index (χ2n) is 4.60. The van der Waals surface area contributed by atoms with Crippen molar-refractivity contribution in [1.82, 2.24) is 4.98 Å². The van der Waals surface area contributed by atoms with E-state index < -0.39 is 0 Å². The number of benzene rings is 1. The van der Waals surface area contributed by atoms with Crippen LogP contribution in [0.25, 0.3) is 10.8 Å². The predicted octanol–water partition coefficient (Wildman–Crippen LogP) is 2.40. The molecule has 0 amide bonds. The summed E-state index contributed by atoms with van der Waals surface area (Å²) >= 11 is 0. The number of nitrogens with zero attached hydrogens (tertiary/aromatic N) is 1. The lowest BCUT2D eigenvalue weighted by molar-refractivity contribution is 0.0969. The third kappa shape index (κ3) is 1.92. The number of hydrogen-bond donors (Lipinski definition) is 1. The maximum Gasteiger partial charge on any atom is 0.0770 e. The van der Waals surface area contributed by atoms with E-state index in [-0.39, 0.29) is 5.41 Å². The molecule has 84 valence electrons. The highest BCUT2D eigenvalue weighted by molar-refractivity contribution is 5.85. The smallest absolute Gasteiger partial charge is 0.0770 e. The Morgan fingerprint density at radius 1 is 1.31 bits per heavy atom. The molecule has 16 heavy (non-hydrogen) atoms. The van der Waals surface area contributed by atoms with Crippen LogP contribution in [0.1, 0.15) is 19.4 Å². The minimum atomic E-state index is -0.102. The SMILES string of the molecule is CC(C)(CON)c1cccc2cnccc12. The van der Waals surface area contributed by atoms with E-state index >= 15 is 0 Å². The quantitative estimate of drug-likeness (QED) is 0.801. The third-order valence-corrected chi connectivity index (χ3v) is 2.85. The van der Waals surface area contributed by atoms with Crippen LogP contribution in [-0.4, -0.2) is 11.6 Å². The van der Waals surface area contributed by atoms with Crippen molar-refractivity contribution in [1.29, 1.82) is 0 Å². The van der Waals surface area contributed by atoms with Gasteiger partial charge in [-0.05, 0) is 17.0 Å². The molecule has 0 bridgehead atoms. The van der Waals surface area contributed by atoms with Gasteiger partial charge in [0.15, 0.2) is 0 Å². The first-order chi connectivity index (χ1) is 7.65. The van der Waals surface area contributed by atoms with E-state index in [2.05, 4.69) is 31.0 Å². The van der Waals surface area contributed by atoms with Crippen molar-refractivity contribution in [2.24, 2.45) is 5.90 Å². The number of hydrogen-bond acceptors (Lipinski definition) is 3. The fourth-order valence-electron chi connectivity index (χ4n) is 2.00. The van der Waals surface area contributed by atoms with Crippen molar-refractivity contribution in [3.8, 4) is 0 Å². The molecule has 1 aromatic heterocycles. The third-order valence-electron chi connectivity index (χ3n) is 2.85. The summed E-state index contributed by atoms with van der Waals surface area (Å²) in [5.74, 6) is 5.18. The molecule has 2 aromatic rings. The van der Waals surface area contributed by atoms with E-state index in [9.17, 15) is 0 Å². The predicted molar refractivity (Wildman–Crippen MR) is 64.9 cm³/mol. The first-order valence-corrected chi connectivity index (χ1v) is 5.30. The van der Waals surface area contributed by atoms with E-state index in [1.54, 1.807) is 0 Å². The lowest BCUT2D eigenvalue weighted by Gasteiger charge is -2.25. The zero-order valence-electron chi connectivity index (χ0n) is 9.60. The fraction of sp³-hybridized carbons (Fsp3) is 0.308. The molecule has 0 unspecified atom stereocenters. The molecule has 2 N–H and O–H groups in total. The molecule has 3 heteroatoms. The van der Waals surface area contributed by atoms with Crippen molar-refractivity contribution in [3.05, 3.63) is 42.2 Å². The molecule has 3 nitrogen and oxygen atoms in total. The van der Waals surface area contributed by atoms with Crippen molar-refractivity contribution >= 4 is 10.8 Å². The van der Waals surface area contributed by atoms with Gasteiger partial charge in [0.25, 0.3) is 0 Å². The van der Waals surface area contributed by atoms with Gasteiger partial charge in [-0.25, -0.2) is 5.90 Å². The van der Waals surface area contributed by atoms with Crippen LogP contribution in [0.4, 0.5) is 0 Å². The summed E-state index contributed by atoms with van der Waals surface area (Å²) in [5.41, 5.74) is 1.13. The van der Waals surface area contributed by atoms with Crippen molar-refractivity contribution in [2.45, 2.75) is 19.3 Å². The molecule has 0 saturated carbocycles. The molecule has 0 atom stereocenters. The van der Waals surface area contributed by atoms with Crippen molar-refractivity contribution in [2.75, 3.05) is 6.61 Å². The highest BCUT2D eigenvalue weighted by Crippen LogP contribution is 2.29. The summed E-state index contributed by atoms with van der Waals surface area (Å²) in [6.45, 7) is 4.73. The van der Waals surface area contributed by atoms with E-state index in [4.69, 9.17) is 10.7 Å². The normalized spacial score (nSPS) is 11.9. The van der Waals surface area contributed by atoms with E-state index in [1.807, 2.05) is 24.5 Å². The van der Waals surface area contributed by atoms with Gasteiger partial charge in [-0.3, -0.25) is 4.98 Å². The summed E-state index contributed by atoms with van der Waals surface area (Å²) < 4.78 is 0. The van der Waals surface area contributed by atoms with Gasteiger partial charge >= 0.3 is 0 Å². The largest absolute Gasteiger partial charge is 0.304 e. The van der Waals surface area contributed by atoms with Gasteiger partial charge < -0.3 is 4.84 Å². The molecular weight excluding hydrogens is 200 g/mol. The van der Waals surface area contributed by atoms with Crippen molar-refractivity contribution in [3.63, 3.8) is 0 Å². The van der Waals surface area contributed by atoms with Crippen LogP contribution in [-0.2, 0) is 10.3 Å². The second-order valence-corrected chi connectivity index (χ2v) is 4.60. The Balaban J connectivity index is 2.60. The summed E-state index contributed by atoms with van der Waals surface area (Å²) in [6.07, 6.45) is 3.68. The first-order valence-electron chi connectivity index (χ1n) is 5.30. The van der Waals surface area contributed by atoms with Crippen LogP contribution in [0.2, 0.25) is 0 Å². The molecule has 0 aliphatic carbocycles. The number of rotatable bonds is 3. The highest BCUT2D eigenvalue weighted by atomic mass is 16.6. The Hall–Kier alpha value is -1.45. The van der Waals surface area contributed by atoms with Crippen molar-refractivity contribution < 1.29 is 4.84 Å². The van der Waals surface area contributed by atoms with E-state index in [1.165, 1.54) is 10.9 Å². The molecule has 0 aliphatic heterocycles. The van der Waals surface area contributed by atoms with Crippen LogP contribution in [0.15, 0.2) is 36.7 Å². The zero-order valence-corrected chi connectivity index (χ0v) is 9.60. The van der Waals surface area contributed by atoms with E-state index in [0.29, 0.717) is 6.61 Å². The Kier molecular flexibility index (Phi) is 2.90. The van der Waals surface area contributed by atoms with Gasteiger partial charge in [-0.15, -0.1) is 0 Å². The molecule has 0 saturated heterocycles. The average molecular weight is 216 g/mol. The molecule has 0 spiro atoms. The monoisotopic (exact) mass is 216 g/mol. The Morgan fingerprint density at radius 3 is 2.88 bits per heavy atom. The van der Waals surface area contributed by atoms with Gasteiger partial charge in [-0.1, -0.05) is 32.0 Å². The minimum absolute atomic E-state index is 0.102. The Labute approximate surface area is 95.2 Å². The minimum Gasteiger partial charge on any atom is -0.304 e. The van der Waals surface area contributed by atoms with Gasteiger partial charge in [-0.2, -0.15) is 0 Å². The summed E-state index contributed by atoms with van der Waals surface area (Å²) in [6, 6.07) is 8.24. The van der Waals surface area contributed by atoms with Gasteiger partial charge in [0.05, 0.1) is 6.61 Å². The van der Waals surface area contributed by atoms with Gasteiger partial charge in [0, 0.05) is 23.2 Å². The lowest BCUT2D eigenvalue weighted by atomic mass is 9.83. The fourth-order valence-corrected chi connectivity index (χ4v) is 2.00. The molecule has 0 aliphatic rings. The number of nitrogens with two attached hydrogens (primary N) is 1. The van der Waals surface area contributed by atoms with Crippen LogP contribution >= 0.6 is 0 Å². The number of pyridine rings is 1. The van der Waals surface area contributed by atoms with Gasteiger partial charge in [0.2, 0.25) is 0 Å². The number of fused-ring (bicyclic) bond motifs is 1. The summed E-state index contributed by atoms with van der Waals surface area (Å²) in [5, 5.41) is 2.35. The molecule has 2 rings (SSSR count). The van der Waals surface area contributed by atoms with Crippen LogP contribution < -0.4 is 5.90 Å². The van der Waals surface area contributed by atoms with Crippen LogP contribution in [0, 0.1) is 0 Å². The van der Waals surface area contributed by atoms with Gasteiger partial charge in [0.1, 0.15) is 0 Å². The van der Waals surface area contributed by atoms with Crippen LogP contribution in [0.5, 0.6) is 0 Å². The average Bonchev–Trinajstić information content (AvgIpc) is 2.28. The van der Waals surface area contributed by atoms with E-state index in [0.717, 1.165) is 5.39 Å². The Bertz CT molecular complexity index is 489. The molecule has 0 radical (unpaired) electrons. The molecule has 1 aromatic carbocycles. The second kappa shape index (κ2) is 4.20.